The summed E-state index contributed by atoms with van der Waals surface area (Å²) in [5, 5.41) is 9.36. The molecule has 2 heterocycles. The first-order valence-electron chi connectivity index (χ1n) is 6.49. The van der Waals surface area contributed by atoms with Gasteiger partial charge in [0.25, 0.3) is 0 Å². The van der Waals surface area contributed by atoms with Crippen LogP contribution in [-0.2, 0) is 6.54 Å². The molecule has 1 aromatic carbocycles. The van der Waals surface area contributed by atoms with E-state index in [-0.39, 0.29) is 0 Å². The highest BCUT2D eigenvalue weighted by Gasteiger charge is 2.15. The summed E-state index contributed by atoms with van der Waals surface area (Å²) in [6, 6.07) is 6.99. The fourth-order valence-corrected chi connectivity index (χ4v) is 2.76. The molecule has 3 nitrogen and oxygen atoms in total. The van der Waals surface area contributed by atoms with Gasteiger partial charge in [0.1, 0.15) is 0 Å². The molecule has 3 rings (SSSR count). The van der Waals surface area contributed by atoms with E-state index in [1.165, 1.54) is 35.7 Å². The Kier molecular flexibility index (Phi) is 2.85. The van der Waals surface area contributed by atoms with Crippen LogP contribution in [-0.4, -0.2) is 22.4 Å². The quantitative estimate of drug-likeness (QED) is 0.857. The summed E-state index contributed by atoms with van der Waals surface area (Å²) in [7, 11) is 0. The van der Waals surface area contributed by atoms with E-state index in [0.717, 1.165) is 13.1 Å². The lowest BCUT2D eigenvalue weighted by Gasteiger charge is -2.23. The highest BCUT2D eigenvalue weighted by atomic mass is 15.3. The minimum atomic E-state index is 0.589. The number of nitrogens with one attached hydrogen (secondary N) is 1. The Bertz CT molecular complexity index is 509. The van der Waals surface area contributed by atoms with Gasteiger partial charge >= 0.3 is 0 Å². The van der Waals surface area contributed by atoms with E-state index in [2.05, 4.69) is 40.2 Å². The molecule has 0 spiro atoms. The molecule has 90 valence electrons. The predicted octanol–water partition coefficient (Wildman–Crippen LogP) is 2.49. The molecular formula is C14H19N3. The van der Waals surface area contributed by atoms with Crippen molar-refractivity contribution in [2.45, 2.75) is 38.8 Å². The molecule has 0 aliphatic carbocycles. The van der Waals surface area contributed by atoms with Gasteiger partial charge < -0.3 is 5.32 Å². The lowest BCUT2D eigenvalue weighted by Crippen LogP contribution is -2.37. The SMILES string of the molecule is Cc1cccc2cnn(CC3CCCCN3)c12. The number of hydrogen-bond donors (Lipinski definition) is 1. The molecule has 1 N–H and O–H groups in total. The van der Waals surface area contributed by atoms with Crippen molar-refractivity contribution in [3.63, 3.8) is 0 Å². The van der Waals surface area contributed by atoms with Crippen molar-refractivity contribution in [2.75, 3.05) is 6.54 Å². The van der Waals surface area contributed by atoms with Crippen molar-refractivity contribution in [2.24, 2.45) is 0 Å². The van der Waals surface area contributed by atoms with E-state index >= 15 is 0 Å². The molecule has 0 amide bonds. The highest BCUT2D eigenvalue weighted by molar-refractivity contribution is 5.81. The Morgan fingerprint density at radius 2 is 2.35 bits per heavy atom. The zero-order valence-electron chi connectivity index (χ0n) is 10.3. The maximum atomic E-state index is 4.53. The van der Waals surface area contributed by atoms with E-state index in [4.69, 9.17) is 0 Å². The van der Waals surface area contributed by atoms with Crippen LogP contribution in [0.15, 0.2) is 24.4 Å². The number of rotatable bonds is 2. The van der Waals surface area contributed by atoms with Crippen molar-refractivity contribution in [3.05, 3.63) is 30.0 Å². The lowest BCUT2D eigenvalue weighted by atomic mass is 10.1. The number of benzene rings is 1. The third-order valence-electron chi connectivity index (χ3n) is 3.67. The molecule has 3 heteroatoms. The summed E-state index contributed by atoms with van der Waals surface area (Å²) in [5.74, 6) is 0. The third-order valence-corrected chi connectivity index (χ3v) is 3.67. The van der Waals surface area contributed by atoms with Crippen LogP contribution in [0.4, 0.5) is 0 Å². The molecule has 1 atom stereocenters. The van der Waals surface area contributed by atoms with Crippen LogP contribution in [0.2, 0.25) is 0 Å². The zero-order valence-corrected chi connectivity index (χ0v) is 10.3. The molecule has 1 unspecified atom stereocenters. The van der Waals surface area contributed by atoms with Crippen LogP contribution in [0.3, 0.4) is 0 Å². The first-order chi connectivity index (χ1) is 8.34. The van der Waals surface area contributed by atoms with E-state index < -0.39 is 0 Å². The van der Waals surface area contributed by atoms with Gasteiger partial charge in [-0.2, -0.15) is 5.10 Å². The summed E-state index contributed by atoms with van der Waals surface area (Å²) >= 11 is 0. The molecular weight excluding hydrogens is 210 g/mol. The fraction of sp³-hybridized carbons (Fsp3) is 0.500. The van der Waals surface area contributed by atoms with E-state index in [1.807, 2.05) is 6.20 Å². The lowest BCUT2D eigenvalue weighted by molar-refractivity contribution is 0.355. The molecule has 1 aliphatic heterocycles. The van der Waals surface area contributed by atoms with Crippen LogP contribution < -0.4 is 5.32 Å². The summed E-state index contributed by atoms with van der Waals surface area (Å²) in [5.41, 5.74) is 2.61. The topological polar surface area (TPSA) is 29.9 Å². The normalized spacial score (nSPS) is 20.9. The summed E-state index contributed by atoms with van der Waals surface area (Å²) < 4.78 is 2.16. The first-order valence-corrected chi connectivity index (χ1v) is 6.49. The van der Waals surface area contributed by atoms with Gasteiger partial charge in [-0.3, -0.25) is 4.68 Å². The standard InChI is InChI=1S/C14H19N3/c1-11-5-4-6-12-9-16-17(14(11)12)10-13-7-2-3-8-15-13/h4-6,9,13,15H,2-3,7-8,10H2,1H3. The Balaban J connectivity index is 1.89. The first kappa shape index (κ1) is 10.8. The molecule has 1 aliphatic rings. The zero-order chi connectivity index (χ0) is 11.7. The summed E-state index contributed by atoms with van der Waals surface area (Å²) in [6.07, 6.45) is 5.91. The van der Waals surface area contributed by atoms with Gasteiger partial charge in [0, 0.05) is 11.4 Å². The Labute approximate surface area is 102 Å². The van der Waals surface area contributed by atoms with Crippen molar-refractivity contribution in [3.8, 4) is 0 Å². The molecule has 0 radical (unpaired) electrons. The number of hydrogen-bond acceptors (Lipinski definition) is 2. The van der Waals surface area contributed by atoms with Gasteiger partial charge in [-0.05, 0) is 31.9 Å². The number of piperidine rings is 1. The van der Waals surface area contributed by atoms with Crippen molar-refractivity contribution < 1.29 is 0 Å². The number of aromatic nitrogens is 2. The van der Waals surface area contributed by atoms with Crippen LogP contribution in [0.5, 0.6) is 0 Å². The monoisotopic (exact) mass is 229 g/mol. The Morgan fingerprint density at radius 1 is 1.41 bits per heavy atom. The molecule has 2 aromatic rings. The smallest absolute Gasteiger partial charge is 0.0712 e. The van der Waals surface area contributed by atoms with Crippen LogP contribution in [0.1, 0.15) is 24.8 Å². The van der Waals surface area contributed by atoms with Gasteiger partial charge in [0.2, 0.25) is 0 Å². The van der Waals surface area contributed by atoms with Crippen molar-refractivity contribution in [1.29, 1.82) is 0 Å². The van der Waals surface area contributed by atoms with Gasteiger partial charge in [-0.25, -0.2) is 0 Å². The summed E-state index contributed by atoms with van der Waals surface area (Å²) in [4.78, 5) is 0. The van der Waals surface area contributed by atoms with E-state index in [0.29, 0.717) is 6.04 Å². The molecule has 0 bridgehead atoms. The Hall–Kier alpha value is -1.35. The number of aryl methyl sites for hydroxylation is 1. The fourth-order valence-electron chi connectivity index (χ4n) is 2.76. The predicted molar refractivity (Wildman–Crippen MR) is 70.1 cm³/mol. The second kappa shape index (κ2) is 4.49. The minimum Gasteiger partial charge on any atom is -0.312 e. The van der Waals surface area contributed by atoms with Crippen LogP contribution >= 0.6 is 0 Å². The van der Waals surface area contributed by atoms with E-state index in [9.17, 15) is 0 Å². The molecule has 1 fully saturated rings. The summed E-state index contributed by atoms with van der Waals surface area (Å²) in [6.45, 7) is 4.31. The molecule has 17 heavy (non-hydrogen) atoms. The largest absolute Gasteiger partial charge is 0.312 e. The average molecular weight is 229 g/mol. The average Bonchev–Trinajstić information content (AvgIpc) is 2.75. The third kappa shape index (κ3) is 2.07. The minimum absolute atomic E-state index is 0.589. The number of nitrogens with zero attached hydrogens (tertiary/aromatic N) is 2. The van der Waals surface area contributed by atoms with E-state index in [1.54, 1.807) is 0 Å². The number of fused-ring (bicyclic) bond motifs is 1. The maximum Gasteiger partial charge on any atom is 0.0712 e. The van der Waals surface area contributed by atoms with Crippen molar-refractivity contribution >= 4 is 10.9 Å². The Morgan fingerprint density at radius 3 is 3.18 bits per heavy atom. The number of para-hydroxylation sites is 1. The van der Waals surface area contributed by atoms with Crippen LogP contribution in [0.25, 0.3) is 10.9 Å². The van der Waals surface area contributed by atoms with Gasteiger partial charge in [0.15, 0.2) is 0 Å². The second-order valence-corrected chi connectivity index (χ2v) is 4.99. The maximum absolute atomic E-state index is 4.53. The highest BCUT2D eigenvalue weighted by Crippen LogP contribution is 2.19. The van der Waals surface area contributed by atoms with Crippen LogP contribution in [0, 0.1) is 6.92 Å². The molecule has 1 aromatic heterocycles. The molecule has 0 saturated carbocycles. The van der Waals surface area contributed by atoms with Gasteiger partial charge in [0.05, 0.1) is 18.3 Å². The van der Waals surface area contributed by atoms with Crippen molar-refractivity contribution in [1.82, 2.24) is 15.1 Å². The molecule has 1 saturated heterocycles. The second-order valence-electron chi connectivity index (χ2n) is 4.99. The van der Waals surface area contributed by atoms with Gasteiger partial charge in [-0.15, -0.1) is 0 Å². The van der Waals surface area contributed by atoms with Gasteiger partial charge in [-0.1, -0.05) is 24.6 Å².